The number of rotatable bonds is 7. The number of aromatic nitrogens is 3. The predicted octanol–water partition coefficient (Wildman–Crippen LogP) is 4.82. The van der Waals surface area contributed by atoms with E-state index in [2.05, 4.69) is 20.5 Å². The lowest BCUT2D eigenvalue weighted by molar-refractivity contribution is -0.563. The van der Waals surface area contributed by atoms with E-state index < -0.39 is 5.92 Å². The number of hydrogen-bond acceptors (Lipinski definition) is 6. The highest BCUT2D eigenvalue weighted by molar-refractivity contribution is 6.29. The minimum absolute atomic E-state index is 0.232. The molecule has 4 heterocycles. The molecule has 2 amide bonds. The molecule has 1 aliphatic rings. The number of amides is 2. The molecular formula is C33H24ClN6O3+. The van der Waals surface area contributed by atoms with Crippen LogP contribution in [0, 0.1) is 0 Å². The maximum absolute atomic E-state index is 13.9. The van der Waals surface area contributed by atoms with Crippen molar-refractivity contribution < 1.29 is 19.0 Å². The van der Waals surface area contributed by atoms with Crippen molar-refractivity contribution in [3.8, 4) is 11.1 Å². The smallest absolute Gasteiger partial charge is 0.267 e. The summed E-state index contributed by atoms with van der Waals surface area (Å²) in [5, 5.41) is 4.44. The Morgan fingerprint density at radius 2 is 1.74 bits per heavy atom. The molecule has 1 N–H and O–H groups in total. The van der Waals surface area contributed by atoms with Crippen LogP contribution in [0.4, 0.5) is 5.82 Å². The molecule has 0 radical (unpaired) electrons. The normalized spacial score (nSPS) is 14.5. The van der Waals surface area contributed by atoms with Crippen molar-refractivity contribution in [3.63, 3.8) is 0 Å². The average molecular weight is 588 g/mol. The average Bonchev–Trinajstić information content (AvgIpc) is 3.05. The van der Waals surface area contributed by atoms with Gasteiger partial charge in [-0.05, 0) is 58.7 Å². The molecular weight excluding hydrogens is 564 g/mol. The summed E-state index contributed by atoms with van der Waals surface area (Å²) < 4.78 is 1.51. The van der Waals surface area contributed by atoms with Gasteiger partial charge in [-0.15, -0.1) is 0 Å². The Bertz CT molecular complexity index is 1860. The fourth-order valence-electron chi connectivity index (χ4n) is 4.91. The van der Waals surface area contributed by atoms with Crippen LogP contribution in [0.5, 0.6) is 0 Å². The first kappa shape index (κ1) is 27.6. The number of hydrogen-bond donors (Lipinski definition) is 1. The van der Waals surface area contributed by atoms with Gasteiger partial charge in [-0.3, -0.25) is 9.78 Å². The molecule has 210 valence electrons. The van der Waals surface area contributed by atoms with Gasteiger partial charge in [0.25, 0.3) is 11.7 Å². The number of benzene rings is 2. The molecule has 2 aromatic carbocycles. The lowest BCUT2D eigenvalue weighted by Gasteiger charge is -2.26. The third-order valence-corrected chi connectivity index (χ3v) is 7.23. The summed E-state index contributed by atoms with van der Waals surface area (Å²) in [6, 6.07) is 27.0. The topological polar surface area (TPSA) is 108 Å². The predicted molar refractivity (Wildman–Crippen MR) is 162 cm³/mol. The van der Waals surface area contributed by atoms with E-state index in [1.54, 1.807) is 66.0 Å². The maximum Gasteiger partial charge on any atom is 0.333 e. The number of fused-ring (bicyclic) bond motifs is 1. The quantitative estimate of drug-likeness (QED) is 0.0966. The van der Waals surface area contributed by atoms with Gasteiger partial charge in [-0.25, -0.2) is 20.0 Å². The molecule has 1 atom stereocenters. The van der Waals surface area contributed by atoms with Crippen molar-refractivity contribution in [2.75, 3.05) is 4.90 Å². The molecule has 43 heavy (non-hydrogen) atoms. The van der Waals surface area contributed by atoms with E-state index >= 15 is 0 Å². The summed E-state index contributed by atoms with van der Waals surface area (Å²) in [6.45, 7) is 0.232. The first-order valence-electron chi connectivity index (χ1n) is 13.4. The highest BCUT2D eigenvalue weighted by Crippen LogP contribution is 2.31. The van der Waals surface area contributed by atoms with Crippen molar-refractivity contribution in [1.82, 2.24) is 15.4 Å². The minimum Gasteiger partial charge on any atom is -0.267 e. The van der Waals surface area contributed by atoms with Crippen molar-refractivity contribution in [1.29, 1.82) is 0 Å². The number of anilines is 1. The molecule has 3 aromatic heterocycles. The molecule has 0 spiro atoms. The molecule has 1 aliphatic heterocycles. The zero-order valence-electron chi connectivity index (χ0n) is 22.7. The lowest BCUT2D eigenvalue weighted by atomic mass is 9.91. The van der Waals surface area contributed by atoms with Gasteiger partial charge < -0.3 is 0 Å². The van der Waals surface area contributed by atoms with Gasteiger partial charge in [0.2, 0.25) is 0 Å². The van der Waals surface area contributed by atoms with Gasteiger partial charge in [0, 0.05) is 35.8 Å². The third kappa shape index (κ3) is 5.93. The molecule has 0 saturated carbocycles. The summed E-state index contributed by atoms with van der Waals surface area (Å²) in [6.07, 6.45) is 7.92. The number of pyridine rings is 3. The Morgan fingerprint density at radius 3 is 2.53 bits per heavy atom. The van der Waals surface area contributed by atoms with E-state index in [-0.39, 0.29) is 24.3 Å². The largest absolute Gasteiger partial charge is 0.333 e. The van der Waals surface area contributed by atoms with Crippen LogP contribution in [0.15, 0.2) is 121 Å². The number of carbonyl (C=O) groups is 3. The standard InChI is InChI=1S/C33H23ClN6O3/c34-28-11-10-23(19-36-28)21-40-29-9-1-2-16-39(29)32(42)30(33(40)43)27-8-4-7-26(18-27)25-6-3-5-22(17-25)20-37-38-31(41)24-12-14-35-15-13-24/h1-20,30H,21H2/p+1/b37-20+. The van der Waals surface area contributed by atoms with Gasteiger partial charge in [-0.2, -0.15) is 14.6 Å². The second kappa shape index (κ2) is 12.1. The number of nitrogens with zero attached hydrogens (tertiary/aromatic N) is 5. The van der Waals surface area contributed by atoms with E-state index in [0.717, 1.165) is 22.3 Å². The van der Waals surface area contributed by atoms with Crippen LogP contribution in [-0.4, -0.2) is 33.9 Å². The molecule has 9 nitrogen and oxygen atoms in total. The van der Waals surface area contributed by atoms with Gasteiger partial charge >= 0.3 is 11.8 Å². The summed E-state index contributed by atoms with van der Waals surface area (Å²) in [4.78, 5) is 49.5. The number of halogens is 1. The minimum atomic E-state index is -1.03. The Hall–Kier alpha value is -5.54. The van der Waals surface area contributed by atoms with Crippen LogP contribution < -0.4 is 14.9 Å². The zero-order valence-corrected chi connectivity index (χ0v) is 23.4. The highest BCUT2D eigenvalue weighted by atomic mass is 35.5. The van der Waals surface area contributed by atoms with Crippen molar-refractivity contribution in [2.45, 2.75) is 12.5 Å². The van der Waals surface area contributed by atoms with E-state index in [9.17, 15) is 14.4 Å². The Balaban J connectivity index is 1.27. The van der Waals surface area contributed by atoms with E-state index in [0.29, 0.717) is 22.1 Å². The van der Waals surface area contributed by atoms with Crippen LogP contribution in [0.25, 0.3) is 11.1 Å². The van der Waals surface area contributed by atoms with Crippen LogP contribution in [0.3, 0.4) is 0 Å². The molecule has 0 aliphatic carbocycles. The lowest BCUT2D eigenvalue weighted by Crippen LogP contribution is -2.59. The fourth-order valence-corrected chi connectivity index (χ4v) is 5.02. The molecule has 1 unspecified atom stereocenters. The molecule has 6 rings (SSSR count). The molecule has 0 saturated heterocycles. The third-order valence-electron chi connectivity index (χ3n) is 7.00. The fraction of sp³-hybridized carbons (Fsp3) is 0.0606. The summed E-state index contributed by atoms with van der Waals surface area (Å²) in [5.41, 5.74) is 6.77. The summed E-state index contributed by atoms with van der Waals surface area (Å²) >= 11 is 5.96. The Morgan fingerprint density at radius 1 is 0.953 bits per heavy atom. The maximum atomic E-state index is 13.9. The van der Waals surface area contributed by atoms with Crippen molar-refractivity contribution in [2.24, 2.45) is 5.10 Å². The molecule has 10 heteroatoms. The van der Waals surface area contributed by atoms with Crippen molar-refractivity contribution in [3.05, 3.63) is 143 Å². The number of hydrazone groups is 1. The van der Waals surface area contributed by atoms with Gasteiger partial charge in [0.05, 0.1) is 12.4 Å². The second-order valence-electron chi connectivity index (χ2n) is 9.80. The number of nitrogens with one attached hydrogen (secondary N) is 1. The van der Waals surface area contributed by atoms with Gasteiger partial charge in [0.1, 0.15) is 11.7 Å². The molecule has 0 fully saturated rings. The first-order valence-corrected chi connectivity index (χ1v) is 13.8. The van der Waals surface area contributed by atoms with Gasteiger partial charge in [0.15, 0.2) is 5.92 Å². The first-order chi connectivity index (χ1) is 21.0. The second-order valence-corrected chi connectivity index (χ2v) is 10.2. The Kier molecular flexibility index (Phi) is 7.80. The summed E-state index contributed by atoms with van der Waals surface area (Å²) in [5.74, 6) is -1.54. The summed E-state index contributed by atoms with van der Waals surface area (Å²) in [7, 11) is 0. The Labute approximate surface area is 252 Å². The van der Waals surface area contributed by atoms with E-state index in [1.807, 2.05) is 48.5 Å². The highest BCUT2D eigenvalue weighted by Gasteiger charge is 2.47. The van der Waals surface area contributed by atoms with Crippen LogP contribution in [0.2, 0.25) is 5.15 Å². The van der Waals surface area contributed by atoms with Gasteiger partial charge in [-0.1, -0.05) is 60.1 Å². The zero-order chi connectivity index (χ0) is 29.8. The SMILES string of the molecule is O=C(N/N=C/c1cccc(-c2cccc(C3C(=O)N(Cc4ccc(Cl)nc4)c4cccc[n+]4C3=O)c2)c1)c1ccncc1. The monoisotopic (exact) mass is 587 g/mol. The van der Waals surface area contributed by atoms with E-state index in [4.69, 9.17) is 11.6 Å². The van der Waals surface area contributed by atoms with Crippen LogP contribution in [0.1, 0.15) is 37.8 Å². The van der Waals surface area contributed by atoms with Crippen LogP contribution in [-0.2, 0) is 11.3 Å². The molecule has 0 bridgehead atoms. The van der Waals surface area contributed by atoms with E-state index in [1.165, 1.54) is 17.0 Å². The molecule has 5 aromatic rings. The van der Waals surface area contributed by atoms with Crippen LogP contribution >= 0.6 is 11.6 Å². The number of carbonyl (C=O) groups excluding carboxylic acids is 3. The van der Waals surface area contributed by atoms with Crippen molar-refractivity contribution >= 4 is 41.4 Å².